The van der Waals surface area contributed by atoms with E-state index in [1.807, 2.05) is 49.0 Å². The smallest absolute Gasteiger partial charge is 0.250 e. The molecule has 35 heavy (non-hydrogen) atoms. The summed E-state index contributed by atoms with van der Waals surface area (Å²) in [6.07, 6.45) is 4.48. The molecular weight excluding hydrogens is 438 g/mol. The number of nitriles is 2. The van der Waals surface area contributed by atoms with Crippen molar-refractivity contribution in [2.24, 2.45) is 7.05 Å². The minimum absolute atomic E-state index is 0.0425. The minimum Gasteiger partial charge on any atom is -0.370 e. The molecular formula is C28H25N5O2. The molecule has 174 valence electrons. The highest BCUT2D eigenvalue weighted by Crippen LogP contribution is 2.26. The van der Waals surface area contributed by atoms with Gasteiger partial charge in [-0.2, -0.15) is 10.5 Å². The highest BCUT2D eigenvalue weighted by Gasteiger charge is 2.12. The van der Waals surface area contributed by atoms with Gasteiger partial charge < -0.3 is 13.9 Å². The van der Waals surface area contributed by atoms with Crippen LogP contribution in [0.1, 0.15) is 35.7 Å². The van der Waals surface area contributed by atoms with Crippen molar-refractivity contribution in [2.45, 2.75) is 33.1 Å². The Morgan fingerprint density at radius 2 is 1.66 bits per heavy atom. The predicted molar refractivity (Wildman–Crippen MR) is 133 cm³/mol. The SMILES string of the molecule is CCCn1cc(-c2cc(C#N)ccc2COCc2cnc(-c3ccc(C#N)cc3)n2C)ccc1=O. The topological polar surface area (TPSA) is 96.6 Å². The van der Waals surface area contributed by atoms with Crippen molar-refractivity contribution >= 4 is 0 Å². The number of nitrogens with zero attached hydrogens (tertiary/aromatic N) is 5. The summed E-state index contributed by atoms with van der Waals surface area (Å²) in [5.41, 5.74) is 5.63. The van der Waals surface area contributed by atoms with Crippen molar-refractivity contribution in [2.75, 3.05) is 0 Å². The third-order valence-electron chi connectivity index (χ3n) is 5.86. The zero-order valence-electron chi connectivity index (χ0n) is 19.7. The second-order valence-electron chi connectivity index (χ2n) is 8.25. The second kappa shape index (κ2) is 10.6. The summed E-state index contributed by atoms with van der Waals surface area (Å²) < 4.78 is 9.72. The van der Waals surface area contributed by atoms with Gasteiger partial charge in [-0.25, -0.2) is 4.98 Å². The van der Waals surface area contributed by atoms with E-state index in [4.69, 9.17) is 10.00 Å². The molecule has 7 heteroatoms. The van der Waals surface area contributed by atoms with E-state index in [0.717, 1.165) is 40.2 Å². The Kier molecular flexibility index (Phi) is 7.21. The Balaban J connectivity index is 1.54. The number of hydrogen-bond donors (Lipinski definition) is 0. The molecule has 0 radical (unpaired) electrons. The van der Waals surface area contributed by atoms with Crippen LogP contribution in [0.3, 0.4) is 0 Å². The Hall–Kier alpha value is -4.46. The molecule has 2 heterocycles. The maximum Gasteiger partial charge on any atom is 0.250 e. The molecule has 0 saturated carbocycles. The Labute approximate surface area is 204 Å². The van der Waals surface area contributed by atoms with Crippen LogP contribution in [-0.4, -0.2) is 14.1 Å². The quantitative estimate of drug-likeness (QED) is 0.374. The van der Waals surface area contributed by atoms with Gasteiger partial charge in [0, 0.05) is 31.4 Å². The lowest BCUT2D eigenvalue weighted by Crippen LogP contribution is -2.18. The molecule has 0 aliphatic heterocycles. The Bertz CT molecular complexity index is 1480. The van der Waals surface area contributed by atoms with E-state index in [-0.39, 0.29) is 5.56 Å². The number of ether oxygens (including phenoxy) is 1. The lowest BCUT2D eigenvalue weighted by molar-refractivity contribution is 0.103. The molecule has 0 unspecified atom stereocenters. The van der Waals surface area contributed by atoms with Crippen LogP contribution in [0.25, 0.3) is 22.5 Å². The summed E-state index contributed by atoms with van der Waals surface area (Å²) >= 11 is 0. The van der Waals surface area contributed by atoms with Gasteiger partial charge in [0.25, 0.3) is 5.56 Å². The van der Waals surface area contributed by atoms with Gasteiger partial charge in [0.1, 0.15) is 5.82 Å². The molecule has 0 N–H and O–H groups in total. The van der Waals surface area contributed by atoms with Crippen LogP contribution >= 0.6 is 0 Å². The molecule has 0 atom stereocenters. The van der Waals surface area contributed by atoms with E-state index in [2.05, 4.69) is 17.1 Å². The molecule has 0 fully saturated rings. The minimum atomic E-state index is -0.0425. The number of aryl methyl sites for hydroxylation is 1. The first-order valence-corrected chi connectivity index (χ1v) is 11.4. The highest BCUT2D eigenvalue weighted by atomic mass is 16.5. The molecule has 0 bridgehead atoms. The third kappa shape index (κ3) is 5.22. The monoisotopic (exact) mass is 463 g/mol. The molecule has 0 aliphatic carbocycles. The fourth-order valence-corrected chi connectivity index (χ4v) is 3.95. The molecule has 7 nitrogen and oxygen atoms in total. The zero-order chi connectivity index (χ0) is 24.8. The van der Waals surface area contributed by atoms with E-state index in [9.17, 15) is 10.1 Å². The normalized spacial score (nSPS) is 10.6. The summed E-state index contributed by atoms with van der Waals surface area (Å²) in [4.78, 5) is 16.7. The number of rotatable bonds is 8. The molecule has 4 rings (SSSR count). The number of aromatic nitrogens is 3. The van der Waals surface area contributed by atoms with E-state index >= 15 is 0 Å². The van der Waals surface area contributed by atoms with Crippen LogP contribution in [0.4, 0.5) is 0 Å². The number of hydrogen-bond acceptors (Lipinski definition) is 5. The molecule has 0 aliphatic rings. The van der Waals surface area contributed by atoms with Crippen molar-refractivity contribution < 1.29 is 4.74 Å². The van der Waals surface area contributed by atoms with Gasteiger partial charge in [-0.05, 0) is 65.6 Å². The fourth-order valence-electron chi connectivity index (χ4n) is 3.95. The van der Waals surface area contributed by atoms with Crippen molar-refractivity contribution in [3.05, 3.63) is 99.7 Å². The predicted octanol–water partition coefficient (Wildman–Crippen LogP) is 4.79. The van der Waals surface area contributed by atoms with E-state index in [1.165, 1.54) is 0 Å². The van der Waals surface area contributed by atoms with E-state index in [0.29, 0.717) is 30.9 Å². The van der Waals surface area contributed by atoms with Crippen LogP contribution in [0, 0.1) is 22.7 Å². The number of pyridine rings is 1. The highest BCUT2D eigenvalue weighted by molar-refractivity contribution is 5.68. The first-order valence-electron chi connectivity index (χ1n) is 11.4. The summed E-state index contributed by atoms with van der Waals surface area (Å²) in [5, 5.41) is 18.4. The van der Waals surface area contributed by atoms with Crippen molar-refractivity contribution in [3.8, 4) is 34.7 Å². The van der Waals surface area contributed by atoms with Crippen LogP contribution < -0.4 is 5.56 Å². The van der Waals surface area contributed by atoms with Gasteiger partial charge in [-0.3, -0.25) is 4.79 Å². The van der Waals surface area contributed by atoms with Gasteiger partial charge >= 0.3 is 0 Å². The largest absolute Gasteiger partial charge is 0.370 e. The van der Waals surface area contributed by atoms with Gasteiger partial charge in [-0.15, -0.1) is 0 Å². The lowest BCUT2D eigenvalue weighted by atomic mass is 9.99. The molecule has 2 aromatic heterocycles. The number of imidazole rings is 1. The third-order valence-corrected chi connectivity index (χ3v) is 5.86. The molecule has 0 saturated heterocycles. The fraction of sp³-hybridized carbons (Fsp3) is 0.214. The van der Waals surface area contributed by atoms with Crippen LogP contribution in [0.5, 0.6) is 0 Å². The van der Waals surface area contributed by atoms with E-state index in [1.54, 1.807) is 41.1 Å². The number of benzene rings is 2. The van der Waals surface area contributed by atoms with Crippen LogP contribution in [-0.2, 0) is 31.5 Å². The van der Waals surface area contributed by atoms with Gasteiger partial charge in [0.05, 0.1) is 48.4 Å². The van der Waals surface area contributed by atoms with E-state index < -0.39 is 0 Å². The van der Waals surface area contributed by atoms with Crippen LogP contribution in [0.2, 0.25) is 0 Å². The lowest BCUT2D eigenvalue weighted by Gasteiger charge is -2.13. The average Bonchev–Trinajstić information content (AvgIpc) is 3.25. The van der Waals surface area contributed by atoms with Crippen molar-refractivity contribution in [3.63, 3.8) is 0 Å². The Morgan fingerprint density at radius 1 is 0.943 bits per heavy atom. The average molecular weight is 464 g/mol. The van der Waals surface area contributed by atoms with Gasteiger partial charge in [-0.1, -0.05) is 13.0 Å². The summed E-state index contributed by atoms with van der Waals surface area (Å²) in [7, 11) is 1.93. The first kappa shape index (κ1) is 23.7. The van der Waals surface area contributed by atoms with Crippen LogP contribution in [0.15, 0.2) is 71.8 Å². The summed E-state index contributed by atoms with van der Waals surface area (Å²) in [6.45, 7) is 3.36. The van der Waals surface area contributed by atoms with Crippen molar-refractivity contribution in [1.29, 1.82) is 10.5 Å². The second-order valence-corrected chi connectivity index (χ2v) is 8.25. The summed E-state index contributed by atoms with van der Waals surface area (Å²) in [6, 6.07) is 20.5. The zero-order valence-corrected chi connectivity index (χ0v) is 19.7. The molecule has 4 aromatic rings. The molecule has 0 amide bonds. The molecule has 2 aromatic carbocycles. The van der Waals surface area contributed by atoms with Crippen molar-refractivity contribution in [1.82, 2.24) is 14.1 Å². The standard InChI is InChI=1S/C28H25N5O2/c1-3-12-33-17-23(10-11-27(33)34)26-13-21(15-30)6-9-24(26)18-35-19-25-16-31-28(32(25)2)22-7-4-20(14-29)5-8-22/h4-11,13,16-17H,3,12,18-19H2,1-2H3. The maximum atomic E-state index is 12.2. The summed E-state index contributed by atoms with van der Waals surface area (Å²) in [5.74, 6) is 0.797. The molecule has 0 spiro atoms. The van der Waals surface area contributed by atoms with Gasteiger partial charge in [0.15, 0.2) is 0 Å². The van der Waals surface area contributed by atoms with Gasteiger partial charge in [0.2, 0.25) is 0 Å². The first-order chi connectivity index (χ1) is 17.0. The Morgan fingerprint density at radius 3 is 2.37 bits per heavy atom. The maximum absolute atomic E-state index is 12.2.